The second kappa shape index (κ2) is 9.01. The highest BCUT2D eigenvalue weighted by Crippen LogP contribution is 2.29. The Hall–Kier alpha value is -0.120. The average Bonchev–Trinajstić information content (AvgIpc) is 2.91. The predicted octanol–water partition coefficient (Wildman–Crippen LogP) is 3.05. The molecule has 20 heavy (non-hydrogen) atoms. The molecule has 0 aromatic heterocycles. The van der Waals surface area contributed by atoms with Crippen LogP contribution < -0.4 is 5.32 Å². The third-order valence-electron chi connectivity index (χ3n) is 4.96. The molecule has 1 saturated heterocycles. The normalized spacial score (nSPS) is 31.8. The van der Waals surface area contributed by atoms with Crippen LogP contribution in [0.1, 0.15) is 58.8 Å². The molecule has 0 bridgehead atoms. The summed E-state index contributed by atoms with van der Waals surface area (Å²) in [6.45, 7) is 10.2. The Labute approximate surface area is 125 Å². The maximum atomic E-state index is 5.94. The minimum atomic E-state index is 0.497. The van der Waals surface area contributed by atoms with E-state index >= 15 is 0 Å². The topological polar surface area (TPSA) is 24.5 Å². The van der Waals surface area contributed by atoms with Crippen molar-refractivity contribution in [2.24, 2.45) is 5.92 Å². The van der Waals surface area contributed by atoms with Gasteiger partial charge in [0.25, 0.3) is 0 Å². The first-order chi connectivity index (χ1) is 9.83. The van der Waals surface area contributed by atoms with E-state index < -0.39 is 0 Å². The molecule has 0 aromatic rings. The van der Waals surface area contributed by atoms with Crippen LogP contribution in [0, 0.1) is 5.92 Å². The van der Waals surface area contributed by atoms with Gasteiger partial charge in [-0.15, -0.1) is 0 Å². The molecule has 3 heteroatoms. The molecule has 1 heterocycles. The second-order valence-electron chi connectivity index (χ2n) is 6.58. The van der Waals surface area contributed by atoms with E-state index in [-0.39, 0.29) is 0 Å². The molecule has 3 unspecified atom stereocenters. The number of ether oxygens (including phenoxy) is 1. The van der Waals surface area contributed by atoms with Gasteiger partial charge in [-0.2, -0.15) is 0 Å². The van der Waals surface area contributed by atoms with Gasteiger partial charge < -0.3 is 15.0 Å². The number of nitrogens with zero attached hydrogens (tertiary/aromatic N) is 1. The lowest BCUT2D eigenvalue weighted by Crippen LogP contribution is -2.41. The maximum Gasteiger partial charge on any atom is 0.0702 e. The zero-order valence-electron chi connectivity index (χ0n) is 13.6. The van der Waals surface area contributed by atoms with Gasteiger partial charge in [0.15, 0.2) is 0 Å². The Bertz CT molecular complexity index is 259. The summed E-state index contributed by atoms with van der Waals surface area (Å²) >= 11 is 0. The molecular weight excluding hydrogens is 248 g/mol. The fourth-order valence-electron chi connectivity index (χ4n) is 3.90. The molecule has 2 fully saturated rings. The number of piperidine rings is 1. The van der Waals surface area contributed by atoms with Crippen LogP contribution in [0.3, 0.4) is 0 Å². The Kier molecular flexibility index (Phi) is 7.32. The number of likely N-dealkylation sites (tertiary alicyclic amines) is 1. The van der Waals surface area contributed by atoms with E-state index in [4.69, 9.17) is 4.74 Å². The molecule has 118 valence electrons. The van der Waals surface area contributed by atoms with Crippen molar-refractivity contribution in [3.63, 3.8) is 0 Å². The van der Waals surface area contributed by atoms with Crippen LogP contribution in [0.2, 0.25) is 0 Å². The molecule has 3 atom stereocenters. The first-order valence-electron chi connectivity index (χ1n) is 8.90. The lowest BCUT2D eigenvalue weighted by molar-refractivity contribution is -0.00141. The fourth-order valence-corrected chi connectivity index (χ4v) is 3.90. The fraction of sp³-hybridized carbons (Fsp3) is 1.00. The highest BCUT2D eigenvalue weighted by Gasteiger charge is 2.27. The molecule has 2 aliphatic rings. The second-order valence-corrected chi connectivity index (χ2v) is 6.58. The van der Waals surface area contributed by atoms with Crippen molar-refractivity contribution in [3.05, 3.63) is 0 Å². The number of nitrogens with one attached hydrogen (secondary N) is 1. The summed E-state index contributed by atoms with van der Waals surface area (Å²) in [5, 5.41) is 3.68. The molecule has 2 rings (SSSR count). The smallest absolute Gasteiger partial charge is 0.0702 e. The van der Waals surface area contributed by atoms with Crippen LogP contribution in [-0.2, 0) is 4.74 Å². The maximum absolute atomic E-state index is 5.94. The zero-order valence-corrected chi connectivity index (χ0v) is 13.6. The summed E-state index contributed by atoms with van der Waals surface area (Å²) in [5.41, 5.74) is 0. The minimum absolute atomic E-state index is 0.497. The van der Waals surface area contributed by atoms with Gasteiger partial charge >= 0.3 is 0 Å². The summed E-state index contributed by atoms with van der Waals surface area (Å²) in [7, 11) is 0. The molecule has 0 amide bonds. The summed E-state index contributed by atoms with van der Waals surface area (Å²) in [5.74, 6) is 0.909. The van der Waals surface area contributed by atoms with E-state index in [1.165, 1.54) is 58.2 Å². The van der Waals surface area contributed by atoms with E-state index in [0.717, 1.165) is 31.5 Å². The quantitative estimate of drug-likeness (QED) is 0.740. The first kappa shape index (κ1) is 16.3. The average molecular weight is 282 g/mol. The van der Waals surface area contributed by atoms with E-state index in [9.17, 15) is 0 Å². The lowest BCUT2D eigenvalue weighted by atomic mass is 9.98. The van der Waals surface area contributed by atoms with Crippen LogP contribution in [-0.4, -0.2) is 49.8 Å². The lowest BCUT2D eigenvalue weighted by Gasteiger charge is -2.33. The largest absolute Gasteiger partial charge is 0.377 e. The van der Waals surface area contributed by atoms with E-state index in [1.807, 2.05) is 0 Å². The van der Waals surface area contributed by atoms with Crippen molar-refractivity contribution >= 4 is 0 Å². The van der Waals surface area contributed by atoms with E-state index in [0.29, 0.717) is 6.10 Å². The molecule has 0 spiro atoms. The van der Waals surface area contributed by atoms with Gasteiger partial charge in [-0.3, -0.25) is 0 Å². The van der Waals surface area contributed by atoms with Gasteiger partial charge in [0.2, 0.25) is 0 Å². The van der Waals surface area contributed by atoms with Crippen molar-refractivity contribution < 1.29 is 4.74 Å². The molecular formula is C17H34N2O. The van der Waals surface area contributed by atoms with Gasteiger partial charge in [0.05, 0.1) is 6.10 Å². The SMILES string of the molecule is CCCOC1CCCN(CCC2CCCC2NCC)C1. The van der Waals surface area contributed by atoms with Crippen molar-refractivity contribution in [1.29, 1.82) is 0 Å². The van der Waals surface area contributed by atoms with Gasteiger partial charge in [-0.25, -0.2) is 0 Å². The van der Waals surface area contributed by atoms with Crippen LogP contribution in [0.4, 0.5) is 0 Å². The first-order valence-corrected chi connectivity index (χ1v) is 8.90. The Morgan fingerprint density at radius 1 is 1.15 bits per heavy atom. The molecule has 1 saturated carbocycles. The molecule has 1 N–H and O–H groups in total. The van der Waals surface area contributed by atoms with Gasteiger partial charge in [0.1, 0.15) is 0 Å². The van der Waals surface area contributed by atoms with Crippen molar-refractivity contribution in [1.82, 2.24) is 10.2 Å². The monoisotopic (exact) mass is 282 g/mol. The highest BCUT2D eigenvalue weighted by atomic mass is 16.5. The summed E-state index contributed by atoms with van der Waals surface area (Å²) < 4.78 is 5.94. The van der Waals surface area contributed by atoms with Gasteiger partial charge in [-0.05, 0) is 64.1 Å². The van der Waals surface area contributed by atoms with Gasteiger partial charge in [-0.1, -0.05) is 20.3 Å². The number of hydrogen-bond acceptors (Lipinski definition) is 3. The van der Waals surface area contributed by atoms with Crippen molar-refractivity contribution in [2.75, 3.05) is 32.8 Å². The Balaban J connectivity index is 1.67. The zero-order chi connectivity index (χ0) is 14.2. The molecule has 3 nitrogen and oxygen atoms in total. The third-order valence-corrected chi connectivity index (χ3v) is 4.96. The summed E-state index contributed by atoms with van der Waals surface area (Å²) in [4.78, 5) is 2.64. The molecule has 1 aliphatic heterocycles. The number of rotatable bonds is 8. The van der Waals surface area contributed by atoms with E-state index in [1.54, 1.807) is 0 Å². The molecule has 1 aliphatic carbocycles. The van der Waals surface area contributed by atoms with Crippen LogP contribution in [0.15, 0.2) is 0 Å². The van der Waals surface area contributed by atoms with Gasteiger partial charge in [0, 0.05) is 19.2 Å². The predicted molar refractivity (Wildman–Crippen MR) is 85.1 cm³/mol. The van der Waals surface area contributed by atoms with Crippen molar-refractivity contribution in [2.45, 2.75) is 70.9 Å². The Morgan fingerprint density at radius 2 is 2.05 bits per heavy atom. The summed E-state index contributed by atoms with van der Waals surface area (Å²) in [6.07, 6.45) is 9.83. The van der Waals surface area contributed by atoms with Crippen LogP contribution in [0.25, 0.3) is 0 Å². The Morgan fingerprint density at radius 3 is 2.85 bits per heavy atom. The van der Waals surface area contributed by atoms with Crippen LogP contribution >= 0.6 is 0 Å². The standard InChI is InChI=1S/C17H34N2O/c1-3-13-20-16-8-6-11-19(14-16)12-10-15-7-5-9-17(15)18-4-2/h15-18H,3-14H2,1-2H3. The molecule has 0 aromatic carbocycles. The third kappa shape index (κ3) is 5.01. The minimum Gasteiger partial charge on any atom is -0.377 e. The summed E-state index contributed by atoms with van der Waals surface area (Å²) in [6, 6.07) is 0.789. The highest BCUT2D eigenvalue weighted by molar-refractivity contribution is 4.84. The van der Waals surface area contributed by atoms with Crippen LogP contribution in [0.5, 0.6) is 0 Å². The van der Waals surface area contributed by atoms with Crippen molar-refractivity contribution in [3.8, 4) is 0 Å². The number of hydrogen-bond donors (Lipinski definition) is 1. The van der Waals surface area contributed by atoms with E-state index in [2.05, 4.69) is 24.1 Å². The molecule has 0 radical (unpaired) electrons.